The number of alkyl halides is 6. The number of hydrogen-bond acceptors (Lipinski definition) is 7. The van der Waals surface area contributed by atoms with Crippen molar-refractivity contribution < 1.29 is 55.7 Å². The summed E-state index contributed by atoms with van der Waals surface area (Å²) in [5.41, 5.74) is 0.496. The average Bonchev–Trinajstić information content (AvgIpc) is 3.33. The molecule has 4 heterocycles. The van der Waals surface area contributed by atoms with Crippen molar-refractivity contribution in [3.63, 3.8) is 0 Å². The van der Waals surface area contributed by atoms with Crippen LogP contribution < -0.4 is 4.90 Å². The third-order valence-electron chi connectivity index (χ3n) is 5.58. The second-order valence-electron chi connectivity index (χ2n) is 8.57. The summed E-state index contributed by atoms with van der Waals surface area (Å²) in [6.45, 7) is 4.54. The average molecular weight is 569 g/mol. The molecule has 1 unspecified atom stereocenters. The van der Waals surface area contributed by atoms with Gasteiger partial charge in [-0.15, -0.1) is 0 Å². The fourth-order valence-electron chi connectivity index (χ4n) is 3.90. The Morgan fingerprint density at radius 3 is 2.10 bits per heavy atom. The molecule has 2 saturated heterocycles. The Morgan fingerprint density at radius 1 is 0.949 bits per heavy atom. The normalized spacial score (nSPS) is 19.6. The molecule has 0 radical (unpaired) electrons. The van der Waals surface area contributed by atoms with Crippen LogP contribution in [0, 0.1) is 5.41 Å². The molecule has 2 aliphatic heterocycles. The number of halogens is 6. The second-order valence-corrected chi connectivity index (χ2v) is 8.57. The molecule has 17 heteroatoms. The molecule has 11 nitrogen and oxygen atoms in total. The molecule has 0 aromatic carbocycles. The monoisotopic (exact) mass is 569 g/mol. The summed E-state index contributed by atoms with van der Waals surface area (Å²) in [5, 5.41) is 20.9. The summed E-state index contributed by atoms with van der Waals surface area (Å²) < 4.78 is 69.4. The first-order chi connectivity index (χ1) is 18.1. The number of nitrogens with zero attached hydrogens (tertiary/aromatic N) is 4. The van der Waals surface area contributed by atoms with Crippen molar-refractivity contribution in [1.29, 1.82) is 0 Å². The van der Waals surface area contributed by atoms with Gasteiger partial charge < -0.3 is 24.7 Å². The number of nitrogens with one attached hydrogen (secondary N) is 1. The Kier molecular flexibility index (Phi) is 10.6. The van der Waals surface area contributed by atoms with Gasteiger partial charge in [0.25, 0.3) is 5.91 Å². The Balaban J connectivity index is 0.000000317. The summed E-state index contributed by atoms with van der Waals surface area (Å²) >= 11 is 0. The van der Waals surface area contributed by atoms with Crippen LogP contribution in [-0.4, -0.2) is 99.9 Å². The number of H-pyrrole nitrogens is 1. The quantitative estimate of drug-likeness (QED) is 0.464. The van der Waals surface area contributed by atoms with Crippen molar-refractivity contribution >= 4 is 23.7 Å². The van der Waals surface area contributed by atoms with Crippen LogP contribution in [-0.2, 0) is 14.3 Å². The lowest BCUT2D eigenvalue weighted by Gasteiger charge is -2.43. The smallest absolute Gasteiger partial charge is 0.475 e. The molecule has 1 amide bonds. The van der Waals surface area contributed by atoms with Crippen LogP contribution in [0.25, 0.3) is 0 Å². The van der Waals surface area contributed by atoms with E-state index >= 15 is 0 Å². The number of aliphatic carboxylic acids is 2. The van der Waals surface area contributed by atoms with Crippen molar-refractivity contribution in [2.24, 2.45) is 5.41 Å². The van der Waals surface area contributed by atoms with E-state index in [0.29, 0.717) is 25.5 Å². The number of carbonyl (C=O) groups is 3. The molecule has 1 spiro atoms. The zero-order chi connectivity index (χ0) is 29.3. The molecule has 2 aliphatic rings. The SMILES string of the molecule is O=C(O)C(F)(F)F.O=C(O)C(F)(F)F.O=C(c1ccn[nH]1)N1CCCC2(COCCN(c3ccccn3)C2)C1. The predicted octanol–water partition coefficient (Wildman–Crippen LogP) is 2.83. The number of aromatic nitrogens is 3. The molecular weight excluding hydrogens is 544 g/mol. The van der Waals surface area contributed by atoms with E-state index < -0.39 is 24.3 Å². The fourth-order valence-corrected chi connectivity index (χ4v) is 3.90. The first-order valence-electron chi connectivity index (χ1n) is 11.3. The first-order valence-corrected chi connectivity index (χ1v) is 11.3. The van der Waals surface area contributed by atoms with Gasteiger partial charge in [-0.05, 0) is 31.0 Å². The molecule has 2 aromatic heterocycles. The maximum absolute atomic E-state index is 12.7. The number of carboxylic acid groups (broad SMARTS) is 2. The number of likely N-dealkylation sites (tertiary alicyclic amines) is 1. The lowest BCUT2D eigenvalue weighted by molar-refractivity contribution is -0.193. The van der Waals surface area contributed by atoms with Gasteiger partial charge in [-0.1, -0.05) is 6.07 Å². The van der Waals surface area contributed by atoms with E-state index in [1.807, 2.05) is 29.3 Å². The highest BCUT2D eigenvalue weighted by Gasteiger charge is 2.41. The van der Waals surface area contributed by atoms with Gasteiger partial charge in [0.15, 0.2) is 0 Å². The third kappa shape index (κ3) is 9.73. The van der Waals surface area contributed by atoms with Gasteiger partial charge in [0, 0.05) is 44.0 Å². The number of carbonyl (C=O) groups excluding carboxylic acids is 1. The highest BCUT2D eigenvalue weighted by molar-refractivity contribution is 5.92. The molecule has 4 rings (SSSR count). The molecule has 0 bridgehead atoms. The number of piperidine rings is 1. The highest BCUT2D eigenvalue weighted by atomic mass is 19.4. The number of aromatic amines is 1. The molecule has 39 heavy (non-hydrogen) atoms. The number of carboxylic acids is 2. The van der Waals surface area contributed by atoms with E-state index in [1.165, 1.54) is 0 Å². The van der Waals surface area contributed by atoms with Gasteiger partial charge >= 0.3 is 24.3 Å². The van der Waals surface area contributed by atoms with Gasteiger partial charge in [-0.25, -0.2) is 14.6 Å². The van der Waals surface area contributed by atoms with Crippen molar-refractivity contribution in [2.45, 2.75) is 25.2 Å². The van der Waals surface area contributed by atoms with Crippen LogP contribution in [0.5, 0.6) is 0 Å². The fraction of sp³-hybridized carbons (Fsp3) is 0.500. The zero-order valence-electron chi connectivity index (χ0n) is 20.2. The van der Waals surface area contributed by atoms with Gasteiger partial charge in [-0.3, -0.25) is 9.89 Å². The van der Waals surface area contributed by atoms with E-state index in [1.54, 1.807) is 12.3 Å². The van der Waals surface area contributed by atoms with E-state index in [2.05, 4.69) is 20.1 Å². The number of ether oxygens (including phenoxy) is 1. The molecule has 3 N–H and O–H groups in total. The minimum absolute atomic E-state index is 0.0187. The molecule has 2 fully saturated rings. The van der Waals surface area contributed by atoms with Crippen molar-refractivity contribution in [1.82, 2.24) is 20.1 Å². The first kappa shape index (κ1) is 31.3. The number of hydrogen-bond donors (Lipinski definition) is 3. The van der Waals surface area contributed by atoms with Gasteiger partial charge in [0.05, 0.1) is 13.2 Å². The maximum Gasteiger partial charge on any atom is 0.490 e. The molecule has 0 aliphatic carbocycles. The molecule has 216 valence electrons. The Labute approximate surface area is 217 Å². The molecular formula is C22H25F6N5O6. The summed E-state index contributed by atoms with van der Waals surface area (Å²) in [7, 11) is 0. The van der Waals surface area contributed by atoms with Gasteiger partial charge in [-0.2, -0.15) is 31.4 Å². The van der Waals surface area contributed by atoms with Crippen LogP contribution >= 0.6 is 0 Å². The van der Waals surface area contributed by atoms with Crippen LogP contribution in [0.3, 0.4) is 0 Å². The standard InChI is InChI=1S/C18H23N5O2.2C2HF3O2/c24-17(15-5-8-20-21-15)23-9-3-6-18(13-23)12-22(10-11-25-14-18)16-4-1-2-7-19-16;2*3-2(4,5)1(6)7/h1-2,4-5,7-8H,3,6,9-14H2,(H,20,21);2*(H,6,7). The number of pyridine rings is 1. The lowest BCUT2D eigenvalue weighted by atomic mass is 9.80. The van der Waals surface area contributed by atoms with Crippen LogP contribution in [0.1, 0.15) is 23.3 Å². The Bertz CT molecular complexity index is 1060. The minimum atomic E-state index is -5.08. The summed E-state index contributed by atoms with van der Waals surface area (Å²) in [5.74, 6) is -4.52. The second kappa shape index (κ2) is 13.3. The minimum Gasteiger partial charge on any atom is -0.475 e. The molecule has 1 atom stereocenters. The Morgan fingerprint density at radius 2 is 1.59 bits per heavy atom. The predicted molar refractivity (Wildman–Crippen MR) is 121 cm³/mol. The zero-order valence-corrected chi connectivity index (χ0v) is 20.2. The van der Waals surface area contributed by atoms with E-state index in [9.17, 15) is 31.1 Å². The Hall–Kier alpha value is -3.89. The summed E-state index contributed by atoms with van der Waals surface area (Å²) in [6, 6.07) is 7.71. The van der Waals surface area contributed by atoms with E-state index in [-0.39, 0.29) is 11.3 Å². The number of amides is 1. The summed E-state index contributed by atoms with van der Waals surface area (Å²) in [4.78, 5) is 39.2. The van der Waals surface area contributed by atoms with Gasteiger partial charge in [0.1, 0.15) is 11.5 Å². The van der Waals surface area contributed by atoms with Crippen molar-refractivity contribution in [3.05, 3.63) is 42.4 Å². The van der Waals surface area contributed by atoms with E-state index in [0.717, 1.165) is 38.3 Å². The number of anilines is 1. The van der Waals surface area contributed by atoms with Crippen molar-refractivity contribution in [2.75, 3.05) is 44.3 Å². The summed E-state index contributed by atoms with van der Waals surface area (Å²) in [6.07, 6.45) is -4.68. The van der Waals surface area contributed by atoms with Crippen LogP contribution in [0.4, 0.5) is 32.2 Å². The lowest BCUT2D eigenvalue weighted by Crippen LogP contribution is -2.52. The maximum atomic E-state index is 12.7. The molecule has 0 saturated carbocycles. The number of rotatable bonds is 2. The van der Waals surface area contributed by atoms with Gasteiger partial charge in [0.2, 0.25) is 0 Å². The van der Waals surface area contributed by atoms with Crippen LogP contribution in [0.15, 0.2) is 36.7 Å². The van der Waals surface area contributed by atoms with Crippen LogP contribution in [0.2, 0.25) is 0 Å². The van der Waals surface area contributed by atoms with E-state index in [4.69, 9.17) is 24.5 Å². The third-order valence-corrected chi connectivity index (χ3v) is 5.58. The highest BCUT2D eigenvalue weighted by Crippen LogP contribution is 2.34. The van der Waals surface area contributed by atoms with Crippen molar-refractivity contribution in [3.8, 4) is 0 Å². The molecule has 2 aromatic rings. The largest absolute Gasteiger partial charge is 0.490 e. The topological polar surface area (TPSA) is 149 Å².